The van der Waals surface area contributed by atoms with Gasteiger partial charge in [-0.1, -0.05) is 24.3 Å². The molecule has 1 aromatic heterocycles. The van der Waals surface area contributed by atoms with Crippen LogP contribution in [0.15, 0.2) is 45.6 Å². The van der Waals surface area contributed by atoms with Gasteiger partial charge in [-0.05, 0) is 23.6 Å². The van der Waals surface area contributed by atoms with Gasteiger partial charge in [0.05, 0.1) is 16.9 Å². The van der Waals surface area contributed by atoms with Gasteiger partial charge in [-0.3, -0.25) is 4.98 Å². The van der Waals surface area contributed by atoms with Gasteiger partial charge >= 0.3 is 5.76 Å². The summed E-state index contributed by atoms with van der Waals surface area (Å²) < 4.78 is 4.99. The lowest BCUT2D eigenvalue weighted by Gasteiger charge is -2.30. The fourth-order valence-corrected chi connectivity index (χ4v) is 2.94. The molecule has 4 N–H and O–H groups in total. The summed E-state index contributed by atoms with van der Waals surface area (Å²) in [4.78, 5) is 13.8. The molecule has 1 aliphatic carbocycles. The molecule has 4 rings (SSSR count). The number of nitrogens with one attached hydrogen (secondary N) is 2. The number of aromatic nitrogens is 1. The van der Waals surface area contributed by atoms with Crippen LogP contribution in [0.4, 0.5) is 11.4 Å². The van der Waals surface area contributed by atoms with Crippen molar-refractivity contribution in [2.24, 2.45) is 0 Å². The Kier molecular flexibility index (Phi) is 2.54. The van der Waals surface area contributed by atoms with Crippen LogP contribution < -0.4 is 16.8 Å². The second kappa shape index (κ2) is 4.41. The predicted molar refractivity (Wildman–Crippen MR) is 82.6 cm³/mol. The molecular weight excluding hydrogens is 266 g/mol. The van der Waals surface area contributed by atoms with Gasteiger partial charge in [0.15, 0.2) is 5.58 Å². The molecule has 5 nitrogen and oxygen atoms in total. The molecule has 0 amide bonds. The second-order valence-electron chi connectivity index (χ2n) is 5.43. The molecule has 0 bridgehead atoms. The average Bonchev–Trinajstić information content (AvgIpc) is 2.79. The largest absolute Gasteiger partial charge is 0.417 e. The van der Waals surface area contributed by atoms with Crippen molar-refractivity contribution < 1.29 is 4.42 Å². The number of nitrogens with two attached hydrogens (primary N) is 1. The van der Waals surface area contributed by atoms with Crippen LogP contribution in [0, 0.1) is 0 Å². The standard InChI is InChI=1S/C16H15N3O2/c17-12-6-15-14(19-16(20)21-15)7-13(12)18-8-10-5-9-3-1-2-4-11(9)10/h1-4,6-7,10,18H,5,8,17H2,(H,19,20). The number of H-pyrrole nitrogens is 1. The van der Waals surface area contributed by atoms with E-state index >= 15 is 0 Å². The summed E-state index contributed by atoms with van der Waals surface area (Å²) in [6.07, 6.45) is 1.09. The minimum absolute atomic E-state index is 0.463. The Bertz CT molecular complexity index is 879. The first kappa shape index (κ1) is 12.1. The highest BCUT2D eigenvalue weighted by Gasteiger charge is 2.25. The van der Waals surface area contributed by atoms with E-state index in [1.165, 1.54) is 11.1 Å². The summed E-state index contributed by atoms with van der Waals surface area (Å²) in [5.74, 6) is 0.0502. The van der Waals surface area contributed by atoms with E-state index in [9.17, 15) is 4.79 Å². The smallest absolute Gasteiger partial charge is 0.408 e. The lowest BCUT2D eigenvalue weighted by molar-refractivity contribution is 0.555. The highest BCUT2D eigenvalue weighted by Crippen LogP contribution is 2.35. The third-order valence-electron chi connectivity index (χ3n) is 4.09. The molecule has 3 aromatic rings. The van der Waals surface area contributed by atoms with Crippen molar-refractivity contribution in [1.82, 2.24) is 4.98 Å². The van der Waals surface area contributed by atoms with Gasteiger partial charge in [0.1, 0.15) is 0 Å². The average molecular weight is 281 g/mol. The summed E-state index contributed by atoms with van der Waals surface area (Å²) in [7, 11) is 0. The summed E-state index contributed by atoms with van der Waals surface area (Å²) in [6, 6.07) is 12.0. The predicted octanol–water partition coefficient (Wildman–Crippen LogP) is 2.46. The maximum Gasteiger partial charge on any atom is 0.417 e. The van der Waals surface area contributed by atoms with E-state index in [4.69, 9.17) is 10.2 Å². The molecule has 0 aliphatic heterocycles. The maximum absolute atomic E-state index is 11.2. The van der Waals surface area contributed by atoms with Gasteiger partial charge in [-0.2, -0.15) is 0 Å². The van der Waals surface area contributed by atoms with Gasteiger partial charge in [0, 0.05) is 18.5 Å². The number of oxazole rings is 1. The van der Waals surface area contributed by atoms with Crippen LogP contribution in [0.5, 0.6) is 0 Å². The van der Waals surface area contributed by atoms with Crippen LogP contribution in [0.3, 0.4) is 0 Å². The molecule has 1 unspecified atom stereocenters. The highest BCUT2D eigenvalue weighted by molar-refractivity contribution is 5.85. The molecule has 0 saturated heterocycles. The van der Waals surface area contributed by atoms with Crippen LogP contribution in [0.2, 0.25) is 0 Å². The van der Waals surface area contributed by atoms with Crippen molar-refractivity contribution in [2.75, 3.05) is 17.6 Å². The van der Waals surface area contributed by atoms with Gasteiger partial charge in [0.25, 0.3) is 0 Å². The van der Waals surface area contributed by atoms with Gasteiger partial charge in [0.2, 0.25) is 0 Å². The Balaban J connectivity index is 1.55. The molecule has 1 heterocycles. The van der Waals surface area contributed by atoms with Crippen LogP contribution in [-0.4, -0.2) is 11.5 Å². The Morgan fingerprint density at radius 1 is 1.33 bits per heavy atom. The van der Waals surface area contributed by atoms with Gasteiger partial charge in [-0.15, -0.1) is 0 Å². The third kappa shape index (κ3) is 1.98. The zero-order valence-electron chi connectivity index (χ0n) is 11.3. The molecule has 2 aromatic carbocycles. The SMILES string of the molecule is Nc1cc2oc(=O)[nH]c2cc1NCC1Cc2ccccc21. The van der Waals surface area contributed by atoms with Gasteiger partial charge in [-0.25, -0.2) is 4.79 Å². The van der Waals surface area contributed by atoms with E-state index in [1.54, 1.807) is 6.07 Å². The molecule has 106 valence electrons. The summed E-state index contributed by atoms with van der Waals surface area (Å²) in [6.45, 7) is 0.828. The summed E-state index contributed by atoms with van der Waals surface area (Å²) in [5, 5.41) is 3.37. The van der Waals surface area contributed by atoms with Gasteiger partial charge < -0.3 is 15.5 Å². The number of anilines is 2. The minimum atomic E-state index is -0.463. The van der Waals surface area contributed by atoms with E-state index in [0.29, 0.717) is 22.7 Å². The second-order valence-corrected chi connectivity index (χ2v) is 5.43. The van der Waals surface area contributed by atoms with Crippen molar-refractivity contribution in [3.63, 3.8) is 0 Å². The number of hydrogen-bond acceptors (Lipinski definition) is 4. The Labute approximate surface area is 120 Å². The molecule has 1 aliphatic rings. The fourth-order valence-electron chi connectivity index (χ4n) is 2.94. The number of nitrogen functional groups attached to an aromatic ring is 1. The van der Waals surface area contributed by atoms with E-state index in [-0.39, 0.29) is 0 Å². The first-order valence-electron chi connectivity index (χ1n) is 6.95. The van der Waals surface area contributed by atoms with Crippen molar-refractivity contribution in [3.05, 3.63) is 58.1 Å². The molecule has 0 radical (unpaired) electrons. The topological polar surface area (TPSA) is 84.0 Å². The van der Waals surface area contributed by atoms with Crippen LogP contribution in [-0.2, 0) is 6.42 Å². The van der Waals surface area contributed by atoms with Crippen LogP contribution in [0.1, 0.15) is 17.0 Å². The van der Waals surface area contributed by atoms with Crippen molar-refractivity contribution in [2.45, 2.75) is 12.3 Å². The number of hydrogen-bond donors (Lipinski definition) is 3. The Hall–Kier alpha value is -2.69. The number of rotatable bonds is 3. The maximum atomic E-state index is 11.2. The number of benzene rings is 2. The lowest BCUT2D eigenvalue weighted by atomic mass is 9.77. The van der Waals surface area contributed by atoms with E-state index in [0.717, 1.165) is 18.7 Å². The summed E-state index contributed by atoms with van der Waals surface area (Å²) >= 11 is 0. The van der Waals surface area contributed by atoms with Crippen LogP contribution >= 0.6 is 0 Å². The molecule has 5 heteroatoms. The zero-order chi connectivity index (χ0) is 14.4. The van der Waals surface area contributed by atoms with Crippen molar-refractivity contribution in [1.29, 1.82) is 0 Å². The molecule has 0 spiro atoms. The number of fused-ring (bicyclic) bond motifs is 2. The Morgan fingerprint density at radius 3 is 3.05 bits per heavy atom. The third-order valence-corrected chi connectivity index (χ3v) is 4.09. The zero-order valence-corrected chi connectivity index (χ0v) is 11.3. The van der Waals surface area contributed by atoms with Crippen molar-refractivity contribution >= 4 is 22.5 Å². The summed E-state index contributed by atoms with van der Waals surface area (Å²) in [5.41, 5.74) is 11.4. The van der Waals surface area contributed by atoms with E-state index < -0.39 is 5.76 Å². The molecule has 1 atom stereocenters. The lowest BCUT2D eigenvalue weighted by Crippen LogP contribution is -2.24. The fraction of sp³-hybridized carbons (Fsp3) is 0.188. The highest BCUT2D eigenvalue weighted by atomic mass is 16.4. The Morgan fingerprint density at radius 2 is 2.19 bits per heavy atom. The van der Waals surface area contributed by atoms with E-state index in [1.807, 2.05) is 6.07 Å². The molecule has 0 fully saturated rings. The quantitative estimate of drug-likeness (QED) is 0.644. The van der Waals surface area contributed by atoms with E-state index in [2.05, 4.69) is 34.6 Å². The monoisotopic (exact) mass is 281 g/mol. The molecular formula is C16H15N3O2. The normalized spacial score (nSPS) is 16.5. The molecule has 21 heavy (non-hydrogen) atoms. The number of aromatic amines is 1. The minimum Gasteiger partial charge on any atom is -0.408 e. The molecule has 0 saturated carbocycles. The van der Waals surface area contributed by atoms with Crippen molar-refractivity contribution in [3.8, 4) is 0 Å². The first-order chi connectivity index (χ1) is 10.2. The van der Waals surface area contributed by atoms with Crippen LogP contribution in [0.25, 0.3) is 11.1 Å². The first-order valence-corrected chi connectivity index (χ1v) is 6.95.